The number of anilines is 1. The molecule has 1 atom stereocenters. The fraction of sp³-hybridized carbons (Fsp3) is 0.200. The van der Waals surface area contributed by atoms with Gasteiger partial charge in [0.15, 0.2) is 0 Å². The third-order valence-electron chi connectivity index (χ3n) is 2.59. The highest BCUT2D eigenvalue weighted by Crippen LogP contribution is 2.27. The molecule has 0 aliphatic carbocycles. The molecule has 0 saturated carbocycles. The van der Waals surface area contributed by atoms with Gasteiger partial charge in [-0.05, 0) is 52.3 Å². The van der Waals surface area contributed by atoms with E-state index in [1.807, 2.05) is 24.3 Å². The molecular formula is C15H16BrNO2S. The molecule has 0 aliphatic rings. The summed E-state index contributed by atoms with van der Waals surface area (Å²) in [5.74, 6) is 1.29. The van der Waals surface area contributed by atoms with Gasteiger partial charge in [-0.25, -0.2) is 0 Å². The molecule has 0 spiro atoms. The topological polar surface area (TPSA) is 55.5 Å². The lowest BCUT2D eigenvalue weighted by atomic mass is 10.3. The summed E-state index contributed by atoms with van der Waals surface area (Å²) in [6, 6.07) is 15.1. The second-order valence-electron chi connectivity index (χ2n) is 4.28. The minimum Gasteiger partial charge on any atom is -0.491 e. The maximum absolute atomic E-state index is 9.93. The number of aliphatic hydroxyl groups is 1. The van der Waals surface area contributed by atoms with E-state index in [1.54, 1.807) is 36.0 Å². The van der Waals surface area contributed by atoms with E-state index in [1.165, 1.54) is 0 Å². The highest BCUT2D eigenvalue weighted by molar-refractivity contribution is 9.10. The lowest BCUT2D eigenvalue weighted by Crippen LogP contribution is -2.20. The van der Waals surface area contributed by atoms with Gasteiger partial charge in [0.2, 0.25) is 0 Å². The Hall–Kier alpha value is -1.17. The zero-order valence-electron chi connectivity index (χ0n) is 10.8. The Balaban J connectivity index is 1.77. The summed E-state index contributed by atoms with van der Waals surface area (Å²) in [7, 11) is 0. The number of ether oxygens (including phenoxy) is 1. The van der Waals surface area contributed by atoms with Gasteiger partial charge in [0.25, 0.3) is 0 Å². The van der Waals surface area contributed by atoms with Crippen LogP contribution in [0.3, 0.4) is 0 Å². The summed E-state index contributed by atoms with van der Waals surface area (Å²) in [4.78, 5) is 1.11. The maximum Gasteiger partial charge on any atom is 0.119 e. The van der Waals surface area contributed by atoms with Gasteiger partial charge in [-0.2, -0.15) is 0 Å². The molecule has 106 valence electrons. The number of rotatable bonds is 6. The number of halogens is 1. The maximum atomic E-state index is 9.93. The number of hydrogen-bond acceptors (Lipinski definition) is 4. The molecule has 3 nitrogen and oxygen atoms in total. The normalized spacial score (nSPS) is 12.1. The molecule has 5 heteroatoms. The minimum absolute atomic E-state index is 0.265. The van der Waals surface area contributed by atoms with Crippen molar-refractivity contribution in [3.63, 3.8) is 0 Å². The fourth-order valence-corrected chi connectivity index (χ4v) is 3.03. The van der Waals surface area contributed by atoms with Crippen molar-refractivity contribution in [3.8, 4) is 5.75 Å². The Kier molecular flexibility index (Phi) is 5.76. The molecule has 20 heavy (non-hydrogen) atoms. The van der Waals surface area contributed by atoms with Gasteiger partial charge in [-0.1, -0.05) is 12.1 Å². The molecule has 0 aromatic heterocycles. The molecule has 0 heterocycles. The summed E-state index contributed by atoms with van der Waals surface area (Å²) in [5, 5.41) is 9.93. The zero-order chi connectivity index (χ0) is 14.4. The SMILES string of the molecule is Nc1ccc(OCC(O)CSc2ccccc2Br)cc1. The Labute approximate surface area is 131 Å². The van der Waals surface area contributed by atoms with Gasteiger partial charge >= 0.3 is 0 Å². The van der Waals surface area contributed by atoms with Crippen LogP contribution in [0.1, 0.15) is 0 Å². The Morgan fingerprint density at radius 2 is 1.85 bits per heavy atom. The van der Waals surface area contributed by atoms with Gasteiger partial charge in [0.05, 0.1) is 6.10 Å². The molecule has 0 radical (unpaired) electrons. The smallest absolute Gasteiger partial charge is 0.119 e. The molecule has 0 aliphatic heterocycles. The number of hydrogen-bond donors (Lipinski definition) is 2. The molecule has 3 N–H and O–H groups in total. The van der Waals surface area contributed by atoms with Gasteiger partial charge in [-0.3, -0.25) is 0 Å². The van der Waals surface area contributed by atoms with Crippen LogP contribution in [-0.4, -0.2) is 23.6 Å². The number of benzene rings is 2. The van der Waals surface area contributed by atoms with Crippen LogP contribution in [0.25, 0.3) is 0 Å². The predicted molar refractivity (Wildman–Crippen MR) is 87.2 cm³/mol. The Morgan fingerprint density at radius 3 is 2.55 bits per heavy atom. The molecule has 2 aromatic carbocycles. The lowest BCUT2D eigenvalue weighted by molar-refractivity contribution is 0.126. The third kappa shape index (κ3) is 4.74. The number of aliphatic hydroxyl groups excluding tert-OH is 1. The van der Waals surface area contributed by atoms with Crippen molar-refractivity contribution >= 4 is 33.4 Å². The molecule has 2 aromatic rings. The van der Waals surface area contributed by atoms with Crippen molar-refractivity contribution in [3.05, 3.63) is 53.0 Å². The second-order valence-corrected chi connectivity index (χ2v) is 6.19. The summed E-state index contributed by atoms with van der Waals surface area (Å²) in [6.07, 6.45) is -0.523. The first kappa shape index (κ1) is 15.2. The summed E-state index contributed by atoms with van der Waals surface area (Å²) >= 11 is 5.08. The Bertz CT molecular complexity index is 548. The average molecular weight is 354 g/mol. The molecule has 0 saturated heterocycles. The van der Waals surface area contributed by atoms with Gasteiger partial charge in [0, 0.05) is 20.8 Å². The van der Waals surface area contributed by atoms with Crippen LogP contribution < -0.4 is 10.5 Å². The minimum atomic E-state index is -0.523. The monoisotopic (exact) mass is 353 g/mol. The van der Waals surface area contributed by atoms with Crippen molar-refractivity contribution in [1.29, 1.82) is 0 Å². The second kappa shape index (κ2) is 7.57. The number of thioether (sulfide) groups is 1. The van der Waals surface area contributed by atoms with E-state index in [4.69, 9.17) is 10.5 Å². The van der Waals surface area contributed by atoms with Crippen molar-refractivity contribution < 1.29 is 9.84 Å². The van der Waals surface area contributed by atoms with Crippen LogP contribution in [0.5, 0.6) is 5.75 Å². The van der Waals surface area contributed by atoms with Crippen LogP contribution in [0.15, 0.2) is 57.9 Å². The van der Waals surface area contributed by atoms with Crippen LogP contribution in [0.4, 0.5) is 5.69 Å². The first-order chi connectivity index (χ1) is 9.65. The summed E-state index contributed by atoms with van der Waals surface area (Å²) in [5.41, 5.74) is 6.29. The highest BCUT2D eigenvalue weighted by Gasteiger charge is 2.08. The third-order valence-corrected chi connectivity index (χ3v) is 4.76. The van der Waals surface area contributed by atoms with Crippen molar-refractivity contribution in [2.75, 3.05) is 18.1 Å². The first-order valence-electron chi connectivity index (χ1n) is 6.19. The molecule has 0 bridgehead atoms. The predicted octanol–water partition coefficient (Wildman–Crippen LogP) is 3.56. The van der Waals surface area contributed by atoms with E-state index < -0.39 is 6.10 Å². The number of nitrogen functional groups attached to an aromatic ring is 1. The van der Waals surface area contributed by atoms with E-state index in [0.717, 1.165) is 9.37 Å². The number of nitrogens with two attached hydrogens (primary N) is 1. The van der Waals surface area contributed by atoms with Gasteiger partial charge in [-0.15, -0.1) is 11.8 Å². The first-order valence-corrected chi connectivity index (χ1v) is 7.97. The fourth-order valence-electron chi connectivity index (χ4n) is 1.55. The molecule has 0 fully saturated rings. The van der Waals surface area contributed by atoms with Gasteiger partial charge < -0.3 is 15.6 Å². The largest absolute Gasteiger partial charge is 0.491 e. The van der Waals surface area contributed by atoms with E-state index in [9.17, 15) is 5.11 Å². The molecule has 1 unspecified atom stereocenters. The van der Waals surface area contributed by atoms with Crippen molar-refractivity contribution in [2.45, 2.75) is 11.0 Å². The van der Waals surface area contributed by atoms with Crippen LogP contribution in [0.2, 0.25) is 0 Å². The molecule has 2 rings (SSSR count). The van der Waals surface area contributed by atoms with Crippen LogP contribution in [-0.2, 0) is 0 Å². The average Bonchev–Trinajstić information content (AvgIpc) is 2.46. The lowest BCUT2D eigenvalue weighted by Gasteiger charge is -2.12. The van der Waals surface area contributed by atoms with E-state index in [-0.39, 0.29) is 6.61 Å². The Morgan fingerprint density at radius 1 is 1.15 bits per heavy atom. The van der Waals surface area contributed by atoms with Crippen LogP contribution in [0, 0.1) is 0 Å². The van der Waals surface area contributed by atoms with Crippen LogP contribution >= 0.6 is 27.7 Å². The summed E-state index contributed by atoms with van der Waals surface area (Å²) < 4.78 is 6.55. The quantitative estimate of drug-likeness (QED) is 0.615. The van der Waals surface area contributed by atoms with Gasteiger partial charge in [0.1, 0.15) is 12.4 Å². The van der Waals surface area contributed by atoms with E-state index in [2.05, 4.69) is 15.9 Å². The molecule has 0 amide bonds. The zero-order valence-corrected chi connectivity index (χ0v) is 13.2. The highest BCUT2D eigenvalue weighted by atomic mass is 79.9. The van der Waals surface area contributed by atoms with E-state index in [0.29, 0.717) is 17.2 Å². The molecular weight excluding hydrogens is 338 g/mol. The van der Waals surface area contributed by atoms with E-state index >= 15 is 0 Å². The standard InChI is InChI=1S/C15H16BrNO2S/c16-14-3-1-2-4-15(14)20-10-12(18)9-19-13-7-5-11(17)6-8-13/h1-8,12,18H,9-10,17H2. The van der Waals surface area contributed by atoms with Crippen molar-refractivity contribution in [2.24, 2.45) is 0 Å². The summed E-state index contributed by atoms with van der Waals surface area (Å²) in [6.45, 7) is 0.265. The van der Waals surface area contributed by atoms with Crippen molar-refractivity contribution in [1.82, 2.24) is 0 Å².